The van der Waals surface area contributed by atoms with Crippen LogP contribution in [0.2, 0.25) is 10.0 Å². The van der Waals surface area contributed by atoms with Gasteiger partial charge in [0.1, 0.15) is 0 Å². The normalized spacial score (nSPS) is 15.7. The summed E-state index contributed by atoms with van der Waals surface area (Å²) in [6.07, 6.45) is 1.69. The molecule has 2 nitrogen and oxygen atoms in total. The number of rotatable bonds is 3. The Morgan fingerprint density at radius 2 is 1.70 bits per heavy atom. The molecule has 0 aromatic heterocycles. The van der Waals surface area contributed by atoms with Crippen LogP contribution in [0.15, 0.2) is 42.5 Å². The van der Waals surface area contributed by atoms with Crippen LogP contribution in [0.3, 0.4) is 0 Å². The minimum absolute atomic E-state index is 0.0897. The molecule has 4 heteroatoms. The third kappa shape index (κ3) is 3.39. The second kappa shape index (κ2) is 6.94. The zero-order chi connectivity index (χ0) is 16.4. The van der Waals surface area contributed by atoms with Crippen molar-refractivity contribution in [3.8, 4) is 0 Å². The van der Waals surface area contributed by atoms with E-state index in [0.717, 1.165) is 42.7 Å². The van der Waals surface area contributed by atoms with Crippen LogP contribution in [0, 0.1) is 12.8 Å². The van der Waals surface area contributed by atoms with Crippen molar-refractivity contribution < 1.29 is 4.79 Å². The molecule has 23 heavy (non-hydrogen) atoms. The summed E-state index contributed by atoms with van der Waals surface area (Å²) in [5, 5.41) is 1.19. The van der Waals surface area contributed by atoms with E-state index in [1.165, 1.54) is 0 Å². The first kappa shape index (κ1) is 16.4. The number of carbonyl (C=O) groups is 1. The highest BCUT2D eigenvalue weighted by atomic mass is 35.5. The predicted molar refractivity (Wildman–Crippen MR) is 96.9 cm³/mol. The SMILES string of the molecule is Cc1ccc(Cl)c(Cl)c1N1CCC(C(=O)c2ccccc2)CC1. The maximum absolute atomic E-state index is 12.6. The van der Waals surface area contributed by atoms with Gasteiger partial charge in [-0.15, -0.1) is 0 Å². The highest BCUT2D eigenvalue weighted by Gasteiger charge is 2.27. The van der Waals surface area contributed by atoms with Crippen molar-refractivity contribution in [1.82, 2.24) is 0 Å². The van der Waals surface area contributed by atoms with Crippen molar-refractivity contribution in [1.29, 1.82) is 0 Å². The van der Waals surface area contributed by atoms with E-state index in [2.05, 4.69) is 4.90 Å². The molecule has 120 valence electrons. The Morgan fingerprint density at radius 1 is 1.04 bits per heavy atom. The molecule has 2 aromatic carbocycles. The smallest absolute Gasteiger partial charge is 0.166 e. The van der Waals surface area contributed by atoms with Crippen LogP contribution in [0.1, 0.15) is 28.8 Å². The molecule has 1 aliphatic heterocycles. The molecule has 1 fully saturated rings. The summed E-state index contributed by atoms with van der Waals surface area (Å²) >= 11 is 12.5. The molecule has 3 rings (SSSR count). The summed E-state index contributed by atoms with van der Waals surface area (Å²) in [6, 6.07) is 13.4. The van der Waals surface area contributed by atoms with Crippen LogP contribution >= 0.6 is 23.2 Å². The van der Waals surface area contributed by atoms with Gasteiger partial charge < -0.3 is 4.90 Å². The van der Waals surface area contributed by atoms with Crippen molar-refractivity contribution >= 4 is 34.7 Å². The van der Waals surface area contributed by atoms with Crippen molar-refractivity contribution in [2.75, 3.05) is 18.0 Å². The second-order valence-corrected chi connectivity index (χ2v) is 6.80. The third-order valence-electron chi connectivity index (χ3n) is 4.51. The molecule has 0 N–H and O–H groups in total. The van der Waals surface area contributed by atoms with Gasteiger partial charge in [-0.25, -0.2) is 0 Å². The first-order valence-electron chi connectivity index (χ1n) is 7.86. The Hall–Kier alpha value is -1.51. The molecule has 0 radical (unpaired) electrons. The lowest BCUT2D eigenvalue weighted by atomic mass is 9.88. The third-order valence-corrected chi connectivity index (χ3v) is 5.31. The van der Waals surface area contributed by atoms with Crippen LogP contribution in [-0.4, -0.2) is 18.9 Å². The van der Waals surface area contributed by atoms with Crippen LogP contribution in [-0.2, 0) is 0 Å². The lowest BCUT2D eigenvalue weighted by Gasteiger charge is -2.34. The largest absolute Gasteiger partial charge is 0.370 e. The summed E-state index contributed by atoms with van der Waals surface area (Å²) in [6.45, 7) is 3.69. The fourth-order valence-electron chi connectivity index (χ4n) is 3.23. The highest BCUT2D eigenvalue weighted by Crippen LogP contribution is 2.37. The van der Waals surface area contributed by atoms with Gasteiger partial charge in [0.25, 0.3) is 0 Å². The number of halogens is 2. The van der Waals surface area contributed by atoms with E-state index < -0.39 is 0 Å². The molecule has 1 saturated heterocycles. The average Bonchev–Trinajstić information content (AvgIpc) is 2.59. The van der Waals surface area contributed by atoms with Gasteiger partial charge in [-0.05, 0) is 31.4 Å². The number of Topliss-reactive ketones (excluding diaryl/α,β-unsaturated/α-hetero) is 1. The Bertz CT molecular complexity index is 707. The number of benzene rings is 2. The molecule has 0 saturated carbocycles. The van der Waals surface area contributed by atoms with Gasteiger partial charge >= 0.3 is 0 Å². The number of carbonyl (C=O) groups excluding carboxylic acids is 1. The van der Waals surface area contributed by atoms with Gasteiger partial charge in [0, 0.05) is 24.6 Å². The maximum atomic E-state index is 12.6. The number of piperidine rings is 1. The number of anilines is 1. The Kier molecular flexibility index (Phi) is 4.93. The number of hydrogen-bond acceptors (Lipinski definition) is 2. The van der Waals surface area contributed by atoms with E-state index in [9.17, 15) is 4.79 Å². The standard InChI is InChI=1S/C19H19Cl2NO/c1-13-7-8-16(20)17(21)18(13)22-11-9-15(10-12-22)19(23)14-5-3-2-4-6-14/h2-8,15H,9-12H2,1H3. The molecule has 1 heterocycles. The minimum atomic E-state index is 0.0897. The lowest BCUT2D eigenvalue weighted by molar-refractivity contribution is 0.0900. The van der Waals surface area contributed by atoms with Crippen molar-refractivity contribution in [2.24, 2.45) is 5.92 Å². The quantitative estimate of drug-likeness (QED) is 0.692. The minimum Gasteiger partial charge on any atom is -0.370 e. The first-order chi connectivity index (χ1) is 11.1. The van der Waals surface area contributed by atoms with Gasteiger partial charge in [0.05, 0.1) is 15.7 Å². The first-order valence-corrected chi connectivity index (χ1v) is 8.62. The van der Waals surface area contributed by atoms with Gasteiger partial charge in [-0.3, -0.25) is 4.79 Å². The lowest BCUT2D eigenvalue weighted by Crippen LogP contribution is -2.37. The van der Waals surface area contributed by atoms with E-state index in [-0.39, 0.29) is 11.7 Å². The van der Waals surface area contributed by atoms with Gasteiger partial charge in [-0.1, -0.05) is 59.6 Å². The molecule has 1 aliphatic rings. The molecular weight excluding hydrogens is 329 g/mol. The van der Waals surface area contributed by atoms with E-state index in [4.69, 9.17) is 23.2 Å². The Labute approximate surface area is 147 Å². The van der Waals surface area contributed by atoms with E-state index in [1.54, 1.807) is 0 Å². The molecule has 0 bridgehead atoms. The fraction of sp³-hybridized carbons (Fsp3) is 0.316. The summed E-state index contributed by atoms with van der Waals surface area (Å²) in [7, 11) is 0. The molecule has 0 spiro atoms. The zero-order valence-electron chi connectivity index (χ0n) is 13.1. The maximum Gasteiger partial charge on any atom is 0.166 e. The summed E-state index contributed by atoms with van der Waals surface area (Å²) in [4.78, 5) is 14.8. The van der Waals surface area contributed by atoms with Crippen LogP contribution in [0.5, 0.6) is 0 Å². The number of aryl methyl sites for hydroxylation is 1. The second-order valence-electron chi connectivity index (χ2n) is 6.02. The molecule has 0 amide bonds. The summed E-state index contributed by atoms with van der Waals surface area (Å²) in [5.74, 6) is 0.339. The Balaban J connectivity index is 1.72. The highest BCUT2D eigenvalue weighted by molar-refractivity contribution is 6.43. The molecule has 0 aliphatic carbocycles. The van der Waals surface area contributed by atoms with Crippen LogP contribution in [0.25, 0.3) is 0 Å². The average molecular weight is 348 g/mol. The molecule has 2 aromatic rings. The van der Waals surface area contributed by atoms with Crippen molar-refractivity contribution in [2.45, 2.75) is 19.8 Å². The van der Waals surface area contributed by atoms with Crippen molar-refractivity contribution in [3.63, 3.8) is 0 Å². The van der Waals surface area contributed by atoms with Gasteiger partial charge in [0.15, 0.2) is 5.78 Å². The zero-order valence-corrected chi connectivity index (χ0v) is 14.6. The van der Waals surface area contributed by atoms with Gasteiger partial charge in [0.2, 0.25) is 0 Å². The number of hydrogen-bond donors (Lipinski definition) is 0. The Morgan fingerprint density at radius 3 is 2.35 bits per heavy atom. The predicted octanol–water partition coefficient (Wildman–Crippen LogP) is 5.40. The van der Waals surface area contributed by atoms with E-state index in [0.29, 0.717) is 10.0 Å². The molecular formula is C19H19Cl2NO. The van der Waals surface area contributed by atoms with E-state index in [1.807, 2.05) is 49.4 Å². The molecule has 0 atom stereocenters. The van der Waals surface area contributed by atoms with Crippen LogP contribution in [0.4, 0.5) is 5.69 Å². The monoisotopic (exact) mass is 347 g/mol. The fourth-order valence-corrected chi connectivity index (χ4v) is 3.71. The number of ketones is 1. The summed E-state index contributed by atoms with van der Waals surface area (Å²) in [5.41, 5.74) is 2.93. The van der Waals surface area contributed by atoms with Gasteiger partial charge in [-0.2, -0.15) is 0 Å². The van der Waals surface area contributed by atoms with E-state index >= 15 is 0 Å². The van der Waals surface area contributed by atoms with Crippen LogP contribution < -0.4 is 4.90 Å². The molecule has 0 unspecified atom stereocenters. The number of nitrogens with zero attached hydrogens (tertiary/aromatic N) is 1. The van der Waals surface area contributed by atoms with Crippen molar-refractivity contribution in [3.05, 3.63) is 63.6 Å². The summed E-state index contributed by atoms with van der Waals surface area (Å²) < 4.78 is 0. The topological polar surface area (TPSA) is 20.3 Å².